The predicted molar refractivity (Wildman–Crippen MR) is 69.4 cm³/mol. The number of hydrogen-bond donors (Lipinski definition) is 3. The first-order valence-corrected chi connectivity index (χ1v) is 5.85. The highest BCUT2D eigenvalue weighted by molar-refractivity contribution is 6.31. The molecule has 0 saturated carbocycles. The summed E-state index contributed by atoms with van der Waals surface area (Å²) >= 11 is 5.85. The lowest BCUT2D eigenvalue weighted by molar-refractivity contribution is 0.0698. The third-order valence-electron chi connectivity index (χ3n) is 2.42. The summed E-state index contributed by atoms with van der Waals surface area (Å²) in [5, 5.41) is 21.5. The first-order valence-electron chi connectivity index (χ1n) is 5.47. The number of carbonyl (C=O) groups is 1. The number of aliphatic hydroxyl groups excluding tert-OH is 1. The minimum absolute atomic E-state index is 0.00992. The summed E-state index contributed by atoms with van der Waals surface area (Å²) in [6.45, 7) is 0.357. The van der Waals surface area contributed by atoms with Crippen LogP contribution in [0.5, 0.6) is 0 Å². The van der Waals surface area contributed by atoms with Gasteiger partial charge in [-0.25, -0.2) is 4.79 Å². The average Bonchev–Trinajstić information content (AvgIpc) is 2.29. The fourth-order valence-electron chi connectivity index (χ4n) is 1.60. The summed E-state index contributed by atoms with van der Waals surface area (Å²) in [6, 6.07) is 4.34. The number of halogens is 1. The summed E-state index contributed by atoms with van der Waals surface area (Å²) in [4.78, 5) is 11.1. The topological polar surface area (TPSA) is 78.8 Å². The lowest BCUT2D eigenvalue weighted by atomic mass is 10.1. The normalized spacial score (nSPS) is 12.2. The minimum Gasteiger partial charge on any atom is -0.478 e. The van der Waals surface area contributed by atoms with Crippen LogP contribution in [0.25, 0.3) is 0 Å². The van der Waals surface area contributed by atoms with Crippen LogP contribution in [0.2, 0.25) is 5.02 Å². The Hall–Kier alpha value is -1.30. The van der Waals surface area contributed by atoms with Gasteiger partial charge in [0.2, 0.25) is 0 Å². The molecule has 0 radical (unpaired) electrons. The third-order valence-corrected chi connectivity index (χ3v) is 2.65. The molecule has 0 aliphatic rings. The number of carboxylic acids is 1. The van der Waals surface area contributed by atoms with Gasteiger partial charge in [-0.3, -0.25) is 0 Å². The van der Waals surface area contributed by atoms with Gasteiger partial charge < -0.3 is 20.3 Å². The van der Waals surface area contributed by atoms with Crippen LogP contribution >= 0.6 is 11.6 Å². The van der Waals surface area contributed by atoms with E-state index in [9.17, 15) is 4.79 Å². The number of hydrogen-bond acceptors (Lipinski definition) is 4. The van der Waals surface area contributed by atoms with Crippen LogP contribution in [0.15, 0.2) is 18.2 Å². The van der Waals surface area contributed by atoms with Crippen molar-refractivity contribution in [3.8, 4) is 0 Å². The Morgan fingerprint density at radius 3 is 2.83 bits per heavy atom. The Kier molecular flexibility index (Phi) is 5.91. The average molecular weight is 274 g/mol. The second-order valence-electron chi connectivity index (χ2n) is 3.80. The first kappa shape index (κ1) is 14.8. The van der Waals surface area contributed by atoms with Gasteiger partial charge in [-0.2, -0.15) is 0 Å². The molecular formula is C12H16ClNO4. The molecule has 100 valence electrons. The van der Waals surface area contributed by atoms with Crippen molar-refractivity contribution in [3.63, 3.8) is 0 Å². The van der Waals surface area contributed by atoms with E-state index in [0.29, 0.717) is 23.7 Å². The van der Waals surface area contributed by atoms with E-state index in [2.05, 4.69) is 5.32 Å². The highest BCUT2D eigenvalue weighted by atomic mass is 35.5. The van der Waals surface area contributed by atoms with E-state index in [4.69, 9.17) is 26.6 Å². The second-order valence-corrected chi connectivity index (χ2v) is 4.24. The van der Waals surface area contributed by atoms with Gasteiger partial charge in [0.05, 0.1) is 23.9 Å². The molecule has 5 nitrogen and oxygen atoms in total. The molecule has 0 fully saturated rings. The molecule has 1 unspecified atom stereocenters. The predicted octanol–water partition coefficient (Wildman–Crippen LogP) is 1.85. The van der Waals surface area contributed by atoms with E-state index in [1.807, 2.05) is 0 Å². The van der Waals surface area contributed by atoms with E-state index >= 15 is 0 Å². The Morgan fingerprint density at radius 2 is 2.28 bits per heavy atom. The van der Waals surface area contributed by atoms with Crippen LogP contribution in [-0.4, -0.2) is 42.5 Å². The van der Waals surface area contributed by atoms with E-state index in [0.717, 1.165) is 0 Å². The number of ether oxygens (including phenoxy) is 1. The molecule has 0 saturated heterocycles. The molecule has 1 rings (SSSR count). The smallest absolute Gasteiger partial charge is 0.337 e. The van der Waals surface area contributed by atoms with Gasteiger partial charge in [-0.15, -0.1) is 0 Å². The highest BCUT2D eigenvalue weighted by Crippen LogP contribution is 2.22. The lowest BCUT2D eigenvalue weighted by Gasteiger charge is -2.19. The second kappa shape index (κ2) is 7.20. The van der Waals surface area contributed by atoms with Crippen LogP contribution in [0.1, 0.15) is 16.8 Å². The number of aliphatic hydroxyl groups is 1. The Bertz CT molecular complexity index is 405. The van der Waals surface area contributed by atoms with E-state index < -0.39 is 5.97 Å². The molecular weight excluding hydrogens is 258 g/mol. The van der Waals surface area contributed by atoms with Crippen molar-refractivity contribution in [2.24, 2.45) is 0 Å². The van der Waals surface area contributed by atoms with Crippen LogP contribution < -0.4 is 5.32 Å². The zero-order valence-corrected chi connectivity index (χ0v) is 10.8. The third kappa shape index (κ3) is 4.18. The summed E-state index contributed by atoms with van der Waals surface area (Å²) in [5.74, 6) is -1.03. The molecule has 3 N–H and O–H groups in total. The number of nitrogens with one attached hydrogen (secondary N) is 1. The van der Waals surface area contributed by atoms with Crippen LogP contribution in [0.3, 0.4) is 0 Å². The molecule has 1 aromatic rings. The van der Waals surface area contributed by atoms with Crippen LogP contribution in [0, 0.1) is 0 Å². The molecule has 0 aromatic heterocycles. The van der Waals surface area contributed by atoms with Gasteiger partial charge in [-0.1, -0.05) is 11.6 Å². The van der Waals surface area contributed by atoms with Gasteiger partial charge in [0, 0.05) is 18.7 Å². The number of rotatable bonds is 7. The fourth-order valence-corrected chi connectivity index (χ4v) is 1.77. The van der Waals surface area contributed by atoms with Crippen molar-refractivity contribution < 1.29 is 19.7 Å². The SMILES string of the molecule is COCC(CCO)Nc1cc(Cl)ccc1C(=O)O. The molecule has 0 aliphatic heterocycles. The van der Waals surface area contributed by atoms with Crippen LogP contribution in [-0.2, 0) is 4.74 Å². The van der Waals surface area contributed by atoms with Crippen molar-refractivity contribution in [2.45, 2.75) is 12.5 Å². The molecule has 0 bridgehead atoms. The minimum atomic E-state index is -1.03. The van der Waals surface area contributed by atoms with Gasteiger partial charge in [0.25, 0.3) is 0 Å². The Morgan fingerprint density at radius 1 is 1.56 bits per heavy atom. The molecule has 1 atom stereocenters. The first-order chi connectivity index (χ1) is 8.58. The molecule has 0 amide bonds. The Labute approximate surface area is 110 Å². The van der Waals surface area contributed by atoms with Gasteiger partial charge >= 0.3 is 5.97 Å². The van der Waals surface area contributed by atoms with Gasteiger partial charge in [0.15, 0.2) is 0 Å². The molecule has 0 heterocycles. The molecule has 0 spiro atoms. The van der Waals surface area contributed by atoms with Crippen molar-refractivity contribution in [1.29, 1.82) is 0 Å². The number of carboxylic acid groups (broad SMARTS) is 1. The van der Waals surface area contributed by atoms with Crippen molar-refractivity contribution in [3.05, 3.63) is 28.8 Å². The summed E-state index contributed by atoms with van der Waals surface area (Å²) in [5.41, 5.74) is 0.559. The maximum atomic E-state index is 11.1. The highest BCUT2D eigenvalue weighted by Gasteiger charge is 2.14. The van der Waals surface area contributed by atoms with Gasteiger partial charge in [-0.05, 0) is 24.6 Å². The molecule has 6 heteroatoms. The number of benzene rings is 1. The van der Waals surface area contributed by atoms with E-state index in [1.54, 1.807) is 13.2 Å². The van der Waals surface area contributed by atoms with Crippen molar-refractivity contribution in [2.75, 3.05) is 25.6 Å². The van der Waals surface area contributed by atoms with Crippen molar-refractivity contribution in [1.82, 2.24) is 0 Å². The number of methoxy groups -OCH3 is 1. The summed E-state index contributed by atoms with van der Waals surface area (Å²) in [7, 11) is 1.54. The Balaban J connectivity index is 2.92. The summed E-state index contributed by atoms with van der Waals surface area (Å²) < 4.78 is 5.01. The molecule has 18 heavy (non-hydrogen) atoms. The maximum absolute atomic E-state index is 11.1. The number of anilines is 1. The largest absolute Gasteiger partial charge is 0.478 e. The van der Waals surface area contributed by atoms with E-state index in [-0.39, 0.29) is 18.2 Å². The van der Waals surface area contributed by atoms with Crippen molar-refractivity contribution >= 4 is 23.3 Å². The lowest BCUT2D eigenvalue weighted by Crippen LogP contribution is -2.27. The fraction of sp³-hybridized carbons (Fsp3) is 0.417. The zero-order chi connectivity index (χ0) is 13.5. The standard InChI is InChI=1S/C12H16ClNO4/c1-18-7-9(4-5-15)14-11-6-8(13)2-3-10(11)12(16)17/h2-3,6,9,14-15H,4-5,7H2,1H3,(H,16,17). The number of aromatic carboxylic acids is 1. The monoisotopic (exact) mass is 273 g/mol. The maximum Gasteiger partial charge on any atom is 0.337 e. The summed E-state index contributed by atoms with van der Waals surface area (Å²) in [6.07, 6.45) is 0.458. The van der Waals surface area contributed by atoms with Gasteiger partial charge in [0.1, 0.15) is 0 Å². The quantitative estimate of drug-likeness (QED) is 0.707. The van der Waals surface area contributed by atoms with E-state index in [1.165, 1.54) is 12.1 Å². The zero-order valence-electron chi connectivity index (χ0n) is 10.0. The van der Waals surface area contributed by atoms with Crippen LogP contribution in [0.4, 0.5) is 5.69 Å². The molecule has 0 aliphatic carbocycles. The molecule has 1 aromatic carbocycles.